The van der Waals surface area contributed by atoms with Crippen LogP contribution in [-0.4, -0.2) is 13.1 Å². The molecule has 0 amide bonds. The highest BCUT2D eigenvalue weighted by Crippen LogP contribution is 1.80. The molecule has 0 aromatic carbocycles. The van der Waals surface area contributed by atoms with Crippen molar-refractivity contribution in [3.8, 4) is 0 Å². The molecule has 0 aliphatic rings. The van der Waals surface area contributed by atoms with Gasteiger partial charge in [0.05, 0.1) is 0 Å². The van der Waals surface area contributed by atoms with Gasteiger partial charge in [-0.2, -0.15) is 0 Å². The van der Waals surface area contributed by atoms with Gasteiger partial charge in [-0.05, 0) is 19.0 Å². The molecule has 1 nitrogen and oxygen atoms in total. The predicted octanol–water partition coefficient (Wildman–Crippen LogP) is 1.72. The van der Waals surface area contributed by atoms with Crippen LogP contribution in [0.3, 0.4) is 0 Å². The summed E-state index contributed by atoms with van der Waals surface area (Å²) in [5, 5.41) is 3.23. The van der Waals surface area contributed by atoms with Gasteiger partial charge in [0, 0.05) is 6.54 Å². The zero-order valence-electron chi connectivity index (χ0n) is 6.11. The third-order valence-corrected chi connectivity index (χ3v) is 1.10. The topological polar surface area (TPSA) is 12.0 Å². The highest BCUT2D eigenvalue weighted by molar-refractivity contribution is 4.77. The summed E-state index contributed by atoms with van der Waals surface area (Å²) < 4.78 is 0. The standard InChI is InChI=1S/C8H15N/c1-3-5-7-9-8-6-4-2/h5,9H,1,4,6-8H2,2H3. The van der Waals surface area contributed by atoms with Gasteiger partial charge in [0.15, 0.2) is 0 Å². The molecule has 0 unspecified atom stereocenters. The SMILES string of the molecule is C=C=CCNCCCC. The van der Waals surface area contributed by atoms with Gasteiger partial charge in [0.25, 0.3) is 0 Å². The highest BCUT2D eigenvalue weighted by Gasteiger charge is 1.79. The average molecular weight is 125 g/mol. The molecule has 0 heterocycles. The first-order valence-electron chi connectivity index (χ1n) is 3.46. The van der Waals surface area contributed by atoms with E-state index in [2.05, 4.69) is 24.6 Å². The molecule has 0 radical (unpaired) electrons. The lowest BCUT2D eigenvalue weighted by atomic mass is 10.3. The maximum Gasteiger partial charge on any atom is 0.0209 e. The van der Waals surface area contributed by atoms with Crippen LogP contribution in [0.15, 0.2) is 18.4 Å². The second-order valence-electron chi connectivity index (χ2n) is 1.97. The molecule has 0 bridgehead atoms. The van der Waals surface area contributed by atoms with Gasteiger partial charge in [0.2, 0.25) is 0 Å². The van der Waals surface area contributed by atoms with E-state index in [1.165, 1.54) is 12.8 Å². The summed E-state index contributed by atoms with van der Waals surface area (Å²) in [6, 6.07) is 0. The average Bonchev–Trinajstić information content (AvgIpc) is 1.89. The van der Waals surface area contributed by atoms with Crippen molar-refractivity contribution in [2.75, 3.05) is 13.1 Å². The fourth-order valence-corrected chi connectivity index (χ4v) is 0.548. The summed E-state index contributed by atoms with van der Waals surface area (Å²) in [6.07, 6.45) is 4.41. The van der Waals surface area contributed by atoms with E-state index in [9.17, 15) is 0 Å². The molecule has 0 fully saturated rings. The summed E-state index contributed by atoms with van der Waals surface area (Å²) in [7, 11) is 0. The van der Waals surface area contributed by atoms with E-state index < -0.39 is 0 Å². The Balaban J connectivity index is 2.82. The van der Waals surface area contributed by atoms with Crippen LogP contribution >= 0.6 is 0 Å². The van der Waals surface area contributed by atoms with Crippen LogP contribution in [0.4, 0.5) is 0 Å². The molecule has 0 rings (SSSR count). The molecule has 52 valence electrons. The lowest BCUT2D eigenvalue weighted by Gasteiger charge is -1.95. The van der Waals surface area contributed by atoms with Gasteiger partial charge in [-0.25, -0.2) is 0 Å². The minimum absolute atomic E-state index is 0.906. The summed E-state index contributed by atoms with van der Waals surface area (Å²) in [5.41, 5.74) is 2.71. The molecule has 0 aromatic rings. The third kappa shape index (κ3) is 7.48. The number of hydrogen-bond donors (Lipinski definition) is 1. The van der Waals surface area contributed by atoms with Crippen LogP contribution in [0.5, 0.6) is 0 Å². The Kier molecular flexibility index (Phi) is 7.05. The summed E-state index contributed by atoms with van der Waals surface area (Å²) >= 11 is 0. The predicted molar refractivity (Wildman–Crippen MR) is 41.5 cm³/mol. The molecular formula is C8H15N. The maximum atomic E-state index is 3.46. The van der Waals surface area contributed by atoms with Gasteiger partial charge in [-0.15, -0.1) is 5.73 Å². The number of hydrogen-bond acceptors (Lipinski definition) is 1. The van der Waals surface area contributed by atoms with Crippen molar-refractivity contribution < 1.29 is 0 Å². The molecular weight excluding hydrogens is 110 g/mol. The van der Waals surface area contributed by atoms with E-state index in [0.29, 0.717) is 0 Å². The van der Waals surface area contributed by atoms with Crippen LogP contribution in [-0.2, 0) is 0 Å². The lowest BCUT2D eigenvalue weighted by Crippen LogP contribution is -2.14. The molecule has 0 spiro atoms. The Hall–Kier alpha value is -0.520. The van der Waals surface area contributed by atoms with Crippen molar-refractivity contribution >= 4 is 0 Å². The zero-order valence-corrected chi connectivity index (χ0v) is 6.11. The molecule has 0 aromatic heterocycles. The normalized spacial score (nSPS) is 8.56. The Morgan fingerprint density at radius 2 is 2.44 bits per heavy atom. The first kappa shape index (κ1) is 8.48. The summed E-state index contributed by atoms with van der Waals surface area (Å²) in [6.45, 7) is 7.66. The Morgan fingerprint density at radius 1 is 1.67 bits per heavy atom. The van der Waals surface area contributed by atoms with Crippen LogP contribution in [0.25, 0.3) is 0 Å². The molecule has 1 heteroatoms. The van der Waals surface area contributed by atoms with Gasteiger partial charge in [-0.1, -0.05) is 19.9 Å². The van der Waals surface area contributed by atoms with Gasteiger partial charge in [0.1, 0.15) is 0 Å². The van der Waals surface area contributed by atoms with Crippen molar-refractivity contribution in [1.82, 2.24) is 5.32 Å². The van der Waals surface area contributed by atoms with E-state index in [1.807, 2.05) is 6.08 Å². The van der Waals surface area contributed by atoms with Gasteiger partial charge in [-0.3, -0.25) is 0 Å². The van der Waals surface area contributed by atoms with Crippen LogP contribution in [0, 0.1) is 0 Å². The zero-order chi connectivity index (χ0) is 6.95. The fraction of sp³-hybridized carbons (Fsp3) is 0.625. The number of rotatable bonds is 5. The van der Waals surface area contributed by atoms with Crippen molar-refractivity contribution in [2.24, 2.45) is 0 Å². The van der Waals surface area contributed by atoms with E-state index in [0.717, 1.165) is 13.1 Å². The summed E-state index contributed by atoms with van der Waals surface area (Å²) in [4.78, 5) is 0. The molecule has 9 heavy (non-hydrogen) atoms. The van der Waals surface area contributed by atoms with Gasteiger partial charge < -0.3 is 5.32 Å². The largest absolute Gasteiger partial charge is 0.313 e. The van der Waals surface area contributed by atoms with Crippen molar-refractivity contribution in [3.05, 3.63) is 18.4 Å². The molecule has 0 aliphatic heterocycles. The third-order valence-electron chi connectivity index (χ3n) is 1.10. The van der Waals surface area contributed by atoms with Crippen LogP contribution in [0.2, 0.25) is 0 Å². The molecule has 0 atom stereocenters. The van der Waals surface area contributed by atoms with Gasteiger partial charge >= 0.3 is 0 Å². The minimum atomic E-state index is 0.906. The molecule has 0 aliphatic carbocycles. The fourth-order valence-electron chi connectivity index (χ4n) is 0.548. The monoisotopic (exact) mass is 125 g/mol. The van der Waals surface area contributed by atoms with E-state index >= 15 is 0 Å². The second-order valence-corrected chi connectivity index (χ2v) is 1.97. The smallest absolute Gasteiger partial charge is 0.0209 e. The summed E-state index contributed by atoms with van der Waals surface area (Å²) in [5.74, 6) is 0. The van der Waals surface area contributed by atoms with E-state index in [1.54, 1.807) is 0 Å². The maximum absolute atomic E-state index is 3.46. The molecule has 0 saturated heterocycles. The quantitative estimate of drug-likeness (QED) is 0.436. The Morgan fingerprint density at radius 3 is 3.00 bits per heavy atom. The number of nitrogens with one attached hydrogen (secondary N) is 1. The van der Waals surface area contributed by atoms with E-state index in [4.69, 9.17) is 0 Å². The van der Waals surface area contributed by atoms with Crippen molar-refractivity contribution in [2.45, 2.75) is 19.8 Å². The first-order valence-corrected chi connectivity index (χ1v) is 3.46. The van der Waals surface area contributed by atoms with Crippen molar-refractivity contribution in [3.63, 3.8) is 0 Å². The first-order chi connectivity index (χ1) is 4.41. The minimum Gasteiger partial charge on any atom is -0.313 e. The second kappa shape index (κ2) is 7.48. The number of unbranched alkanes of at least 4 members (excludes halogenated alkanes) is 1. The Bertz CT molecular complexity index is 90.7. The molecule has 0 saturated carbocycles. The van der Waals surface area contributed by atoms with Crippen LogP contribution in [0.1, 0.15) is 19.8 Å². The van der Waals surface area contributed by atoms with Crippen molar-refractivity contribution in [1.29, 1.82) is 0 Å². The Labute approximate surface area is 57.5 Å². The van der Waals surface area contributed by atoms with E-state index in [-0.39, 0.29) is 0 Å². The van der Waals surface area contributed by atoms with Crippen LogP contribution < -0.4 is 5.32 Å². The lowest BCUT2D eigenvalue weighted by molar-refractivity contribution is 0.681. The molecule has 1 N–H and O–H groups in total. The highest BCUT2D eigenvalue weighted by atomic mass is 14.8.